The van der Waals surface area contributed by atoms with Crippen molar-refractivity contribution in [2.45, 2.75) is 33.1 Å². The third-order valence-corrected chi connectivity index (χ3v) is 3.01. The topological polar surface area (TPSA) is 77.2 Å². The molecule has 0 saturated carbocycles. The summed E-state index contributed by atoms with van der Waals surface area (Å²) in [6.45, 7) is 6.45. The molecule has 0 atom stereocenters. The molecule has 0 bridgehead atoms. The second-order valence-corrected chi connectivity index (χ2v) is 5.01. The number of carboxylic acid groups (broad SMARTS) is 1. The van der Waals surface area contributed by atoms with Crippen LogP contribution in [0, 0.1) is 0 Å². The van der Waals surface area contributed by atoms with Gasteiger partial charge < -0.3 is 9.84 Å². The molecule has 0 radical (unpaired) electrons. The molecule has 6 nitrogen and oxygen atoms in total. The Balaban J connectivity index is 2.54. The second-order valence-electron chi connectivity index (χ2n) is 5.01. The molecule has 0 fully saturated rings. The average molecular weight is 289 g/mol. The molecular formula is C15H19N3O3. The van der Waals surface area contributed by atoms with Crippen molar-refractivity contribution in [3.05, 3.63) is 35.7 Å². The fourth-order valence-electron chi connectivity index (χ4n) is 2.10. The SMILES string of the molecule is CCCOc1ccccc1-n1nnc(C(=O)O)c1C(C)C. The Labute approximate surface area is 123 Å². The summed E-state index contributed by atoms with van der Waals surface area (Å²) in [4.78, 5) is 11.3. The number of para-hydroxylation sites is 2. The molecule has 0 unspecified atom stereocenters. The molecule has 21 heavy (non-hydrogen) atoms. The number of benzene rings is 1. The Morgan fingerprint density at radius 2 is 2.10 bits per heavy atom. The van der Waals surface area contributed by atoms with Gasteiger partial charge in [0.15, 0.2) is 5.69 Å². The summed E-state index contributed by atoms with van der Waals surface area (Å²) in [5.74, 6) is -0.426. The molecular weight excluding hydrogens is 270 g/mol. The third-order valence-electron chi connectivity index (χ3n) is 3.01. The highest BCUT2D eigenvalue weighted by Crippen LogP contribution is 2.27. The molecule has 1 aromatic carbocycles. The smallest absolute Gasteiger partial charge is 0.358 e. The van der Waals surface area contributed by atoms with E-state index < -0.39 is 5.97 Å². The highest BCUT2D eigenvalue weighted by atomic mass is 16.5. The van der Waals surface area contributed by atoms with E-state index in [-0.39, 0.29) is 11.6 Å². The summed E-state index contributed by atoms with van der Waals surface area (Å²) >= 11 is 0. The molecule has 0 saturated heterocycles. The number of rotatable bonds is 6. The highest BCUT2D eigenvalue weighted by Gasteiger charge is 2.23. The molecule has 0 aliphatic carbocycles. The Morgan fingerprint density at radius 1 is 1.38 bits per heavy atom. The molecule has 1 N–H and O–H groups in total. The summed E-state index contributed by atoms with van der Waals surface area (Å²) < 4.78 is 7.26. The maximum absolute atomic E-state index is 11.3. The van der Waals surface area contributed by atoms with Crippen LogP contribution in [0.4, 0.5) is 0 Å². The van der Waals surface area contributed by atoms with Crippen molar-refractivity contribution in [3.8, 4) is 11.4 Å². The summed E-state index contributed by atoms with van der Waals surface area (Å²) in [5, 5.41) is 17.0. The Morgan fingerprint density at radius 3 is 2.71 bits per heavy atom. The summed E-state index contributed by atoms with van der Waals surface area (Å²) in [5.41, 5.74) is 1.25. The molecule has 2 rings (SSSR count). The fourth-order valence-corrected chi connectivity index (χ4v) is 2.10. The zero-order chi connectivity index (χ0) is 15.4. The van der Waals surface area contributed by atoms with Crippen molar-refractivity contribution in [2.24, 2.45) is 0 Å². The number of ether oxygens (including phenoxy) is 1. The van der Waals surface area contributed by atoms with Gasteiger partial charge in [-0.05, 0) is 24.5 Å². The lowest BCUT2D eigenvalue weighted by atomic mass is 10.1. The van der Waals surface area contributed by atoms with Crippen LogP contribution in [-0.4, -0.2) is 32.7 Å². The second kappa shape index (κ2) is 6.39. The van der Waals surface area contributed by atoms with E-state index in [0.717, 1.165) is 6.42 Å². The monoisotopic (exact) mass is 289 g/mol. The normalized spacial score (nSPS) is 10.9. The summed E-state index contributed by atoms with van der Waals surface area (Å²) in [7, 11) is 0. The van der Waals surface area contributed by atoms with Crippen molar-refractivity contribution >= 4 is 5.97 Å². The van der Waals surface area contributed by atoms with Crippen LogP contribution in [0.1, 0.15) is 49.3 Å². The zero-order valence-corrected chi connectivity index (χ0v) is 12.4. The Kier molecular flexibility index (Phi) is 4.57. The Bertz CT molecular complexity index is 635. The molecule has 2 aromatic rings. The maximum Gasteiger partial charge on any atom is 0.358 e. The van der Waals surface area contributed by atoms with Crippen molar-refractivity contribution in [1.29, 1.82) is 0 Å². The van der Waals surface area contributed by atoms with E-state index in [2.05, 4.69) is 10.3 Å². The van der Waals surface area contributed by atoms with E-state index in [4.69, 9.17) is 4.74 Å². The number of hydrogen-bond acceptors (Lipinski definition) is 4. The van der Waals surface area contributed by atoms with Gasteiger partial charge >= 0.3 is 5.97 Å². The van der Waals surface area contributed by atoms with Gasteiger partial charge in [-0.25, -0.2) is 9.48 Å². The van der Waals surface area contributed by atoms with Crippen LogP contribution in [0.5, 0.6) is 5.75 Å². The standard InChI is InChI=1S/C15H19N3O3/c1-4-9-21-12-8-6-5-7-11(12)18-14(10(2)3)13(15(19)20)16-17-18/h5-8,10H,4,9H2,1-3H3,(H,19,20). The number of hydrogen-bond donors (Lipinski definition) is 1. The largest absolute Gasteiger partial charge is 0.491 e. The summed E-state index contributed by atoms with van der Waals surface area (Å²) in [6.07, 6.45) is 0.892. The van der Waals surface area contributed by atoms with E-state index in [9.17, 15) is 9.90 Å². The van der Waals surface area contributed by atoms with Gasteiger partial charge in [0, 0.05) is 0 Å². The first kappa shape index (κ1) is 15.0. The highest BCUT2D eigenvalue weighted by molar-refractivity contribution is 5.86. The predicted octanol–water partition coefficient (Wildman–Crippen LogP) is 2.88. The van der Waals surface area contributed by atoms with Gasteiger partial charge in [-0.3, -0.25) is 0 Å². The average Bonchev–Trinajstić information content (AvgIpc) is 2.90. The molecule has 0 amide bonds. The lowest BCUT2D eigenvalue weighted by molar-refractivity contribution is 0.0688. The number of nitrogens with zero attached hydrogens (tertiary/aromatic N) is 3. The van der Waals surface area contributed by atoms with Gasteiger partial charge in [0.2, 0.25) is 0 Å². The van der Waals surface area contributed by atoms with E-state index in [1.54, 1.807) is 4.68 Å². The van der Waals surface area contributed by atoms with Crippen LogP contribution in [0.2, 0.25) is 0 Å². The molecule has 0 aliphatic heterocycles. The summed E-state index contributed by atoms with van der Waals surface area (Å²) in [6, 6.07) is 7.42. The minimum absolute atomic E-state index is 0.0182. The van der Waals surface area contributed by atoms with E-state index in [0.29, 0.717) is 23.7 Å². The van der Waals surface area contributed by atoms with E-state index in [1.807, 2.05) is 45.0 Å². The molecule has 1 aromatic heterocycles. The van der Waals surface area contributed by atoms with Crippen LogP contribution < -0.4 is 4.74 Å². The van der Waals surface area contributed by atoms with Crippen molar-refractivity contribution in [3.63, 3.8) is 0 Å². The molecule has 112 valence electrons. The first-order chi connectivity index (χ1) is 10.1. The van der Waals surface area contributed by atoms with Gasteiger partial charge in [-0.15, -0.1) is 5.10 Å². The van der Waals surface area contributed by atoms with Gasteiger partial charge in [0.25, 0.3) is 0 Å². The minimum Gasteiger partial charge on any atom is -0.491 e. The van der Waals surface area contributed by atoms with Crippen molar-refractivity contribution in [1.82, 2.24) is 15.0 Å². The van der Waals surface area contributed by atoms with Crippen LogP contribution in [0.3, 0.4) is 0 Å². The zero-order valence-electron chi connectivity index (χ0n) is 12.4. The van der Waals surface area contributed by atoms with E-state index in [1.165, 1.54) is 0 Å². The molecule has 0 aliphatic rings. The fraction of sp³-hybridized carbons (Fsp3) is 0.400. The van der Waals surface area contributed by atoms with Gasteiger partial charge in [0.1, 0.15) is 11.4 Å². The molecule has 6 heteroatoms. The van der Waals surface area contributed by atoms with Crippen LogP contribution in [-0.2, 0) is 0 Å². The van der Waals surface area contributed by atoms with E-state index >= 15 is 0 Å². The van der Waals surface area contributed by atoms with Crippen LogP contribution in [0.15, 0.2) is 24.3 Å². The molecule has 0 spiro atoms. The quantitative estimate of drug-likeness (QED) is 0.884. The van der Waals surface area contributed by atoms with Crippen LogP contribution in [0.25, 0.3) is 5.69 Å². The third kappa shape index (κ3) is 3.04. The minimum atomic E-state index is -1.07. The number of aromatic nitrogens is 3. The predicted molar refractivity (Wildman–Crippen MR) is 78.2 cm³/mol. The van der Waals surface area contributed by atoms with Gasteiger partial charge in [-0.2, -0.15) is 0 Å². The number of carboxylic acids is 1. The molecule has 1 heterocycles. The number of aromatic carboxylic acids is 1. The van der Waals surface area contributed by atoms with Crippen molar-refractivity contribution < 1.29 is 14.6 Å². The first-order valence-corrected chi connectivity index (χ1v) is 6.97. The van der Waals surface area contributed by atoms with Gasteiger partial charge in [0.05, 0.1) is 12.3 Å². The van der Waals surface area contributed by atoms with Gasteiger partial charge in [-0.1, -0.05) is 38.1 Å². The lowest BCUT2D eigenvalue weighted by Gasteiger charge is -2.14. The lowest BCUT2D eigenvalue weighted by Crippen LogP contribution is -2.10. The Hall–Kier alpha value is -2.37. The van der Waals surface area contributed by atoms with Crippen molar-refractivity contribution in [2.75, 3.05) is 6.61 Å². The first-order valence-electron chi connectivity index (χ1n) is 6.97. The maximum atomic E-state index is 11.3. The van der Waals surface area contributed by atoms with Crippen LogP contribution >= 0.6 is 0 Å². The number of carbonyl (C=O) groups is 1.